The van der Waals surface area contributed by atoms with E-state index in [1.165, 1.54) is 27.5 Å². The predicted molar refractivity (Wildman–Crippen MR) is 267 cm³/mol. The molecule has 4 heteroatoms. The minimum Gasteiger partial charge on any atom is -0.456 e. The van der Waals surface area contributed by atoms with Crippen molar-refractivity contribution in [2.24, 2.45) is 0 Å². The average molecular weight is 825 g/mol. The van der Waals surface area contributed by atoms with E-state index in [0.29, 0.717) is 0 Å². The molecule has 2 heterocycles. The molecule has 0 bridgehead atoms. The van der Waals surface area contributed by atoms with Gasteiger partial charge in [0.05, 0.1) is 0 Å². The van der Waals surface area contributed by atoms with E-state index in [0.717, 1.165) is 109 Å². The second-order valence-electron chi connectivity index (χ2n) is 16.7. The first-order valence-corrected chi connectivity index (χ1v) is 22.3. The molecule has 0 amide bonds. The molecule has 0 aliphatic heterocycles. The number of hydrogen-bond donors (Lipinski definition) is 0. The summed E-state index contributed by atoms with van der Waals surface area (Å²) in [7, 11) is 0. The van der Waals surface area contributed by atoms with Gasteiger partial charge < -0.3 is 18.6 Å². The summed E-state index contributed by atoms with van der Waals surface area (Å²) in [5.41, 5.74) is 17.4. The van der Waals surface area contributed by atoms with Crippen LogP contribution in [-0.4, -0.2) is 0 Å². The molecule has 64 heavy (non-hydrogen) atoms. The third kappa shape index (κ3) is 6.90. The number of para-hydroxylation sites is 1. The third-order valence-corrected chi connectivity index (χ3v) is 12.7. The Labute approximate surface area is 372 Å². The van der Waals surface area contributed by atoms with Gasteiger partial charge >= 0.3 is 0 Å². The van der Waals surface area contributed by atoms with E-state index in [9.17, 15) is 0 Å². The van der Waals surface area contributed by atoms with E-state index < -0.39 is 0 Å². The Bertz CT molecular complexity index is 3520. The van der Waals surface area contributed by atoms with Gasteiger partial charge in [0, 0.05) is 55.5 Å². The van der Waals surface area contributed by atoms with Gasteiger partial charge in [0.15, 0.2) is 0 Å². The molecule has 0 unspecified atom stereocenters. The van der Waals surface area contributed by atoms with E-state index >= 15 is 0 Å². The van der Waals surface area contributed by atoms with Crippen LogP contribution in [0.3, 0.4) is 0 Å². The van der Waals surface area contributed by atoms with Gasteiger partial charge in [-0.25, -0.2) is 0 Å². The van der Waals surface area contributed by atoms with Crippen molar-refractivity contribution in [3.8, 4) is 22.3 Å². The van der Waals surface area contributed by atoms with Crippen molar-refractivity contribution in [1.29, 1.82) is 0 Å². The summed E-state index contributed by atoms with van der Waals surface area (Å²) in [6.45, 7) is 0. The van der Waals surface area contributed by atoms with Gasteiger partial charge in [-0.3, -0.25) is 0 Å². The van der Waals surface area contributed by atoms with E-state index in [1.54, 1.807) is 0 Å². The van der Waals surface area contributed by atoms with Crippen LogP contribution in [0, 0.1) is 0 Å². The SMILES string of the molecule is C1=CC(c2ccc(N(c3ccc(-c4ccc(N(c5ccc(-c6ccccc6)cc5)c5ccc6oc7ccccc7c6c5)cc4)cc3)c3ccc4oc5c(c4c3)=CCCC=5)cc2)=CCC1. The smallest absolute Gasteiger partial charge is 0.135 e. The zero-order valence-corrected chi connectivity index (χ0v) is 35.3. The molecule has 0 saturated heterocycles. The summed E-state index contributed by atoms with van der Waals surface area (Å²) in [6, 6.07) is 67.6. The zero-order chi connectivity index (χ0) is 42.4. The van der Waals surface area contributed by atoms with Crippen LogP contribution < -0.4 is 20.4 Å². The van der Waals surface area contributed by atoms with Gasteiger partial charge in [-0.1, -0.05) is 121 Å². The van der Waals surface area contributed by atoms with Crippen molar-refractivity contribution in [3.05, 3.63) is 222 Å². The number of anilines is 6. The Balaban J connectivity index is 0.899. The number of benzene rings is 8. The Morgan fingerprint density at radius 3 is 1.39 bits per heavy atom. The Kier molecular flexibility index (Phi) is 9.41. The fraction of sp³-hybridized carbons (Fsp3) is 0.0667. The molecule has 306 valence electrons. The highest BCUT2D eigenvalue weighted by Gasteiger charge is 2.19. The molecule has 0 radical (unpaired) electrons. The Morgan fingerprint density at radius 2 is 0.797 bits per heavy atom. The number of allylic oxidation sites excluding steroid dienone is 4. The monoisotopic (exact) mass is 824 g/mol. The minimum atomic E-state index is 0.881. The summed E-state index contributed by atoms with van der Waals surface area (Å²) in [5.74, 6) is 0. The molecular formula is C60H44N2O2. The van der Waals surface area contributed by atoms with Gasteiger partial charge in [0.2, 0.25) is 0 Å². The first-order chi connectivity index (χ1) is 31.7. The first-order valence-electron chi connectivity index (χ1n) is 22.3. The average Bonchev–Trinajstić information content (AvgIpc) is 3.94. The van der Waals surface area contributed by atoms with Crippen LogP contribution in [0.25, 0.3) is 72.9 Å². The highest BCUT2D eigenvalue weighted by Crippen LogP contribution is 2.41. The molecule has 2 aliphatic rings. The fourth-order valence-corrected chi connectivity index (χ4v) is 9.48. The standard InChI is InChI=1S/C60H44N2O2/c1-3-11-41(12-4-1)43-19-27-47(28-20-43)61(51-35-37-59-55(39-51)53-15-7-9-17-57(53)63-59)49-31-23-45(24-32-49)46-25-33-50(34-26-46)62(48-29-21-44(22-30-48)42-13-5-2-6-14-42)52-36-38-60-56(40-52)54-16-8-10-18-58(54)64-60/h1,3-5,7,9,11-40H,2,6,8,10H2. The van der Waals surface area contributed by atoms with Gasteiger partial charge in [-0.05, 0) is 156 Å². The molecule has 12 rings (SSSR count). The normalized spacial score (nSPS) is 13.3. The van der Waals surface area contributed by atoms with Crippen LogP contribution in [0.15, 0.2) is 215 Å². The molecule has 2 aliphatic carbocycles. The van der Waals surface area contributed by atoms with E-state index in [1.807, 2.05) is 12.1 Å². The first kappa shape index (κ1) is 37.7. The van der Waals surface area contributed by atoms with Gasteiger partial charge in [0.25, 0.3) is 0 Å². The van der Waals surface area contributed by atoms with E-state index in [2.05, 4.69) is 216 Å². The van der Waals surface area contributed by atoms with Crippen molar-refractivity contribution in [2.75, 3.05) is 9.80 Å². The van der Waals surface area contributed by atoms with Crippen molar-refractivity contribution < 1.29 is 8.83 Å². The second-order valence-corrected chi connectivity index (χ2v) is 16.7. The topological polar surface area (TPSA) is 32.8 Å². The maximum absolute atomic E-state index is 6.28. The number of furan rings is 2. The molecule has 2 aromatic heterocycles. The van der Waals surface area contributed by atoms with Crippen molar-refractivity contribution in [2.45, 2.75) is 25.7 Å². The van der Waals surface area contributed by atoms with Gasteiger partial charge in [-0.2, -0.15) is 0 Å². The van der Waals surface area contributed by atoms with Crippen molar-refractivity contribution in [3.63, 3.8) is 0 Å². The number of hydrogen-bond acceptors (Lipinski definition) is 4. The summed E-state index contributed by atoms with van der Waals surface area (Å²) in [6.07, 6.45) is 15.6. The van der Waals surface area contributed by atoms with Crippen molar-refractivity contribution >= 4 is 84.8 Å². The van der Waals surface area contributed by atoms with Crippen LogP contribution in [0.1, 0.15) is 31.2 Å². The van der Waals surface area contributed by atoms with Crippen molar-refractivity contribution in [1.82, 2.24) is 0 Å². The van der Waals surface area contributed by atoms with Gasteiger partial charge in [-0.15, -0.1) is 0 Å². The lowest BCUT2D eigenvalue weighted by atomic mass is 9.99. The highest BCUT2D eigenvalue weighted by molar-refractivity contribution is 6.06. The quantitative estimate of drug-likeness (QED) is 0.145. The lowest BCUT2D eigenvalue weighted by Crippen LogP contribution is -2.22. The summed E-state index contributed by atoms with van der Waals surface area (Å²) < 4.78 is 12.5. The predicted octanol–water partition coefficient (Wildman–Crippen LogP) is 15.7. The Morgan fingerprint density at radius 1 is 0.328 bits per heavy atom. The molecule has 0 saturated carbocycles. The molecule has 0 spiro atoms. The van der Waals surface area contributed by atoms with Crippen LogP contribution in [0.5, 0.6) is 0 Å². The number of rotatable bonds is 9. The maximum atomic E-state index is 6.28. The van der Waals surface area contributed by atoms with E-state index in [-0.39, 0.29) is 0 Å². The van der Waals surface area contributed by atoms with Crippen LogP contribution in [-0.2, 0) is 0 Å². The fourth-order valence-electron chi connectivity index (χ4n) is 9.48. The minimum absolute atomic E-state index is 0.881. The lowest BCUT2D eigenvalue weighted by Gasteiger charge is -2.26. The number of fused-ring (bicyclic) bond motifs is 6. The highest BCUT2D eigenvalue weighted by atomic mass is 16.3. The second kappa shape index (κ2) is 16.0. The lowest BCUT2D eigenvalue weighted by molar-refractivity contribution is 0.572. The molecule has 10 aromatic rings. The molecule has 4 nitrogen and oxygen atoms in total. The largest absolute Gasteiger partial charge is 0.456 e. The Hall–Kier alpha value is -8.08. The van der Waals surface area contributed by atoms with Crippen LogP contribution in [0.4, 0.5) is 34.1 Å². The van der Waals surface area contributed by atoms with E-state index in [4.69, 9.17) is 8.83 Å². The molecular weight excluding hydrogens is 781 g/mol. The molecule has 0 fully saturated rings. The molecule has 8 aromatic carbocycles. The summed E-state index contributed by atoms with van der Waals surface area (Å²) in [5, 5.41) is 4.56. The third-order valence-electron chi connectivity index (χ3n) is 12.7. The summed E-state index contributed by atoms with van der Waals surface area (Å²) >= 11 is 0. The zero-order valence-electron chi connectivity index (χ0n) is 35.3. The maximum Gasteiger partial charge on any atom is 0.135 e. The molecule has 0 N–H and O–H groups in total. The van der Waals surface area contributed by atoms with Crippen LogP contribution >= 0.6 is 0 Å². The van der Waals surface area contributed by atoms with Crippen LogP contribution in [0.2, 0.25) is 0 Å². The van der Waals surface area contributed by atoms with Gasteiger partial charge in [0.1, 0.15) is 22.2 Å². The summed E-state index contributed by atoms with van der Waals surface area (Å²) in [4.78, 5) is 4.69. The number of nitrogens with zero attached hydrogens (tertiary/aromatic N) is 2. The molecule has 0 atom stereocenters.